The lowest BCUT2D eigenvalue weighted by atomic mass is 10.1. The maximum atomic E-state index is 12.4. The maximum absolute atomic E-state index is 12.4. The number of hydrogen-bond donors (Lipinski definition) is 3. The number of aromatic nitrogens is 2. The van der Waals surface area contributed by atoms with Gasteiger partial charge in [0.15, 0.2) is 17.3 Å². The van der Waals surface area contributed by atoms with Gasteiger partial charge in [-0.2, -0.15) is 5.10 Å². The molecule has 30 heavy (non-hydrogen) atoms. The van der Waals surface area contributed by atoms with Crippen molar-refractivity contribution in [2.24, 2.45) is 0 Å². The number of H-pyrrole nitrogens is 1. The summed E-state index contributed by atoms with van der Waals surface area (Å²) >= 11 is 0. The Morgan fingerprint density at radius 3 is 2.53 bits per heavy atom. The molecule has 3 rings (SSSR count). The van der Waals surface area contributed by atoms with Gasteiger partial charge in [-0.05, 0) is 39.3 Å². The molecule has 0 unspecified atom stereocenters. The van der Waals surface area contributed by atoms with Crippen molar-refractivity contribution in [3.8, 4) is 11.5 Å². The van der Waals surface area contributed by atoms with Gasteiger partial charge in [0.1, 0.15) is 5.60 Å². The Labute approximate surface area is 174 Å². The molecule has 0 atom stereocenters. The fourth-order valence-electron chi connectivity index (χ4n) is 3.09. The predicted molar refractivity (Wildman–Crippen MR) is 111 cm³/mol. The topological polar surface area (TPSA) is 118 Å². The molecule has 0 spiro atoms. The van der Waals surface area contributed by atoms with Crippen LogP contribution in [0, 0.1) is 0 Å². The van der Waals surface area contributed by atoms with Gasteiger partial charge < -0.3 is 24.4 Å². The Morgan fingerprint density at radius 2 is 1.87 bits per heavy atom. The number of hydrogen-bond acceptors (Lipinski definition) is 6. The molecule has 162 valence electrons. The molecular formula is C20H27N5O5. The molecule has 1 aromatic heterocycles. The van der Waals surface area contributed by atoms with Crippen LogP contribution < -0.4 is 20.1 Å². The number of fused-ring (bicyclic) bond motifs is 1. The number of carbonyl (C=O) groups is 2. The van der Waals surface area contributed by atoms with Gasteiger partial charge in [-0.15, -0.1) is 0 Å². The van der Waals surface area contributed by atoms with Gasteiger partial charge in [0.05, 0.1) is 26.5 Å². The van der Waals surface area contributed by atoms with Gasteiger partial charge in [-0.3, -0.25) is 10.4 Å². The first kappa shape index (κ1) is 21.3. The van der Waals surface area contributed by atoms with Gasteiger partial charge in [0.25, 0.3) is 0 Å². The fraction of sp³-hybridized carbons (Fsp3) is 0.450. The summed E-state index contributed by atoms with van der Waals surface area (Å²) in [6.45, 7) is 6.31. The average molecular weight is 417 g/mol. The van der Waals surface area contributed by atoms with Crippen molar-refractivity contribution < 1.29 is 23.8 Å². The van der Waals surface area contributed by atoms with E-state index >= 15 is 0 Å². The molecule has 10 heteroatoms. The molecule has 2 aromatic rings. The van der Waals surface area contributed by atoms with Crippen molar-refractivity contribution in [2.45, 2.75) is 39.3 Å². The van der Waals surface area contributed by atoms with Crippen molar-refractivity contribution in [1.82, 2.24) is 15.1 Å². The van der Waals surface area contributed by atoms with Gasteiger partial charge in [0, 0.05) is 23.9 Å². The molecule has 3 amide bonds. The summed E-state index contributed by atoms with van der Waals surface area (Å²) in [4.78, 5) is 26.3. The Hall–Kier alpha value is -3.43. The lowest BCUT2D eigenvalue weighted by Gasteiger charge is -2.29. The third-order valence-electron chi connectivity index (χ3n) is 4.46. The first-order chi connectivity index (χ1) is 14.2. The summed E-state index contributed by atoms with van der Waals surface area (Å²) in [6.07, 6.45) is 0.181. The number of methoxy groups -OCH3 is 2. The molecule has 1 aliphatic heterocycles. The summed E-state index contributed by atoms with van der Waals surface area (Å²) in [5, 5.41) is 12.6. The Morgan fingerprint density at radius 1 is 1.13 bits per heavy atom. The second-order valence-corrected chi connectivity index (χ2v) is 7.83. The summed E-state index contributed by atoms with van der Waals surface area (Å²) in [5.41, 5.74) is 1.64. The number of anilines is 2. The molecule has 1 aromatic carbocycles. The van der Waals surface area contributed by atoms with Crippen LogP contribution in [0.1, 0.15) is 32.0 Å². The lowest BCUT2D eigenvalue weighted by molar-refractivity contribution is 0.0221. The fourth-order valence-corrected chi connectivity index (χ4v) is 3.09. The molecule has 0 saturated heterocycles. The van der Waals surface area contributed by atoms with Crippen molar-refractivity contribution in [3.63, 3.8) is 0 Å². The lowest BCUT2D eigenvalue weighted by Crippen LogP contribution is -2.40. The van der Waals surface area contributed by atoms with Crippen LogP contribution in [0.25, 0.3) is 0 Å². The van der Waals surface area contributed by atoms with Crippen molar-refractivity contribution in [2.75, 3.05) is 31.4 Å². The van der Waals surface area contributed by atoms with E-state index in [0.717, 1.165) is 11.3 Å². The second-order valence-electron chi connectivity index (χ2n) is 7.83. The first-order valence-corrected chi connectivity index (χ1v) is 9.54. The van der Waals surface area contributed by atoms with Crippen LogP contribution >= 0.6 is 0 Å². The van der Waals surface area contributed by atoms with E-state index in [1.165, 1.54) is 7.11 Å². The van der Waals surface area contributed by atoms with Crippen molar-refractivity contribution in [3.05, 3.63) is 29.5 Å². The predicted octanol–water partition coefficient (Wildman–Crippen LogP) is 3.36. The van der Waals surface area contributed by atoms with E-state index < -0.39 is 11.6 Å². The number of aromatic amines is 1. The van der Waals surface area contributed by atoms with E-state index in [9.17, 15) is 9.59 Å². The third kappa shape index (κ3) is 4.94. The zero-order valence-electron chi connectivity index (χ0n) is 17.8. The van der Waals surface area contributed by atoms with Gasteiger partial charge in [-0.25, -0.2) is 9.59 Å². The van der Waals surface area contributed by atoms with Crippen LogP contribution in [0.3, 0.4) is 0 Å². The van der Waals surface area contributed by atoms with Gasteiger partial charge in [-0.1, -0.05) is 0 Å². The highest BCUT2D eigenvalue weighted by Crippen LogP contribution is 2.30. The summed E-state index contributed by atoms with van der Waals surface area (Å²) in [5.74, 6) is 1.51. The largest absolute Gasteiger partial charge is 0.493 e. The van der Waals surface area contributed by atoms with Crippen LogP contribution in [0.4, 0.5) is 21.1 Å². The molecule has 2 heterocycles. The summed E-state index contributed by atoms with van der Waals surface area (Å²) in [7, 11) is 3.07. The number of benzene rings is 1. The maximum Gasteiger partial charge on any atom is 0.410 e. The number of ether oxygens (including phenoxy) is 3. The van der Waals surface area contributed by atoms with Crippen LogP contribution in [0.15, 0.2) is 18.2 Å². The van der Waals surface area contributed by atoms with Crippen LogP contribution in [-0.2, 0) is 17.7 Å². The smallest absolute Gasteiger partial charge is 0.410 e. The summed E-state index contributed by atoms with van der Waals surface area (Å²) < 4.78 is 15.9. The highest BCUT2D eigenvalue weighted by molar-refractivity contribution is 5.99. The molecule has 0 fully saturated rings. The van der Waals surface area contributed by atoms with E-state index in [1.807, 2.05) is 20.8 Å². The monoisotopic (exact) mass is 417 g/mol. The molecular weight excluding hydrogens is 390 g/mol. The van der Waals surface area contributed by atoms with Gasteiger partial charge in [0.2, 0.25) is 0 Å². The van der Waals surface area contributed by atoms with Crippen LogP contribution in [0.5, 0.6) is 11.5 Å². The third-order valence-corrected chi connectivity index (χ3v) is 4.46. The molecule has 3 N–H and O–H groups in total. The van der Waals surface area contributed by atoms with Crippen molar-refractivity contribution in [1.29, 1.82) is 0 Å². The average Bonchev–Trinajstić information content (AvgIpc) is 3.08. The minimum atomic E-state index is -0.555. The first-order valence-electron chi connectivity index (χ1n) is 9.54. The van der Waals surface area contributed by atoms with E-state index in [0.29, 0.717) is 42.5 Å². The number of nitrogens with one attached hydrogen (secondary N) is 3. The molecule has 10 nitrogen and oxygen atoms in total. The highest BCUT2D eigenvalue weighted by atomic mass is 16.6. The molecule has 0 radical (unpaired) electrons. The highest BCUT2D eigenvalue weighted by Gasteiger charge is 2.28. The second kappa shape index (κ2) is 8.52. The number of rotatable bonds is 4. The van der Waals surface area contributed by atoms with E-state index in [4.69, 9.17) is 14.2 Å². The minimum Gasteiger partial charge on any atom is -0.493 e. The molecule has 0 aliphatic carbocycles. The standard InChI is InChI=1S/C20H27N5O5/c1-20(2,3)30-19(27)25-9-8-13-14(11-25)23-24-17(13)22-18(26)21-12-6-7-15(28-4)16(10-12)29-5/h6-7,10H,8-9,11H2,1-5H3,(H3,21,22,23,24,26). The number of urea groups is 1. The van der Waals surface area contributed by atoms with E-state index in [2.05, 4.69) is 20.8 Å². The quantitative estimate of drug-likeness (QED) is 0.702. The minimum absolute atomic E-state index is 0.343. The van der Waals surface area contributed by atoms with Gasteiger partial charge >= 0.3 is 12.1 Å². The normalized spacial score (nSPS) is 13.3. The Balaban J connectivity index is 1.63. The zero-order chi connectivity index (χ0) is 21.9. The summed E-state index contributed by atoms with van der Waals surface area (Å²) in [6, 6.07) is 4.64. The zero-order valence-corrected chi connectivity index (χ0v) is 17.8. The van der Waals surface area contributed by atoms with E-state index in [-0.39, 0.29) is 6.09 Å². The number of amides is 3. The van der Waals surface area contributed by atoms with Crippen LogP contribution in [0.2, 0.25) is 0 Å². The van der Waals surface area contributed by atoms with Crippen molar-refractivity contribution >= 4 is 23.6 Å². The Bertz CT molecular complexity index is 934. The molecule has 0 bridgehead atoms. The molecule has 0 saturated carbocycles. The number of nitrogens with zero attached hydrogens (tertiary/aromatic N) is 2. The van der Waals surface area contributed by atoms with E-state index in [1.54, 1.807) is 30.2 Å². The Kier molecular flexibility index (Phi) is 6.04. The van der Waals surface area contributed by atoms with Crippen LogP contribution in [-0.4, -0.2) is 53.6 Å². The SMILES string of the molecule is COc1ccc(NC(=O)Nc2n[nH]c3c2CCN(C(=O)OC(C)(C)C)C3)cc1OC. The number of carbonyl (C=O) groups excluding carboxylic acids is 2. The molecule has 1 aliphatic rings.